The number of hydrogen-bond donors (Lipinski definition) is 1. The average Bonchev–Trinajstić information content (AvgIpc) is 3.11. The lowest BCUT2D eigenvalue weighted by atomic mass is 10.0. The van der Waals surface area contributed by atoms with Crippen LogP contribution in [0.5, 0.6) is 0 Å². The summed E-state index contributed by atoms with van der Waals surface area (Å²) in [4.78, 5) is 15.8. The van der Waals surface area contributed by atoms with Gasteiger partial charge in [0.2, 0.25) is 0 Å². The molecule has 2 aliphatic rings. The smallest absolute Gasteiger partial charge is 0.307 e. The van der Waals surface area contributed by atoms with E-state index in [4.69, 9.17) is 5.11 Å². The second-order valence-corrected chi connectivity index (χ2v) is 5.17. The number of carboxylic acids is 1. The van der Waals surface area contributed by atoms with Crippen molar-refractivity contribution in [2.45, 2.75) is 38.8 Å². The van der Waals surface area contributed by atoms with E-state index in [0.717, 1.165) is 32.2 Å². The van der Waals surface area contributed by atoms with Gasteiger partial charge in [0.15, 0.2) is 0 Å². The van der Waals surface area contributed by atoms with Crippen LogP contribution in [-0.4, -0.2) is 59.1 Å². The Labute approximate surface area is 97.2 Å². The maximum Gasteiger partial charge on any atom is 0.307 e. The van der Waals surface area contributed by atoms with Gasteiger partial charge in [-0.15, -0.1) is 0 Å². The van der Waals surface area contributed by atoms with E-state index >= 15 is 0 Å². The van der Waals surface area contributed by atoms with Crippen LogP contribution in [-0.2, 0) is 4.79 Å². The van der Waals surface area contributed by atoms with E-state index in [1.54, 1.807) is 6.92 Å². The molecule has 1 N–H and O–H groups in total. The molecule has 1 saturated carbocycles. The molecule has 2 unspecified atom stereocenters. The molecule has 1 aliphatic heterocycles. The summed E-state index contributed by atoms with van der Waals surface area (Å²) in [5, 5.41) is 9.00. The van der Waals surface area contributed by atoms with Gasteiger partial charge < -0.3 is 5.11 Å². The number of hydrogen-bond acceptors (Lipinski definition) is 3. The Bertz CT molecular complexity index is 258. The van der Waals surface area contributed by atoms with E-state index in [9.17, 15) is 4.79 Å². The Morgan fingerprint density at radius 2 is 1.75 bits per heavy atom. The second-order valence-electron chi connectivity index (χ2n) is 5.17. The fraction of sp³-hybridized carbons (Fsp3) is 0.917. The zero-order valence-corrected chi connectivity index (χ0v) is 10.2. The van der Waals surface area contributed by atoms with Gasteiger partial charge in [-0.3, -0.25) is 14.6 Å². The van der Waals surface area contributed by atoms with Gasteiger partial charge in [0.1, 0.15) is 0 Å². The fourth-order valence-corrected chi connectivity index (χ4v) is 2.47. The van der Waals surface area contributed by atoms with Gasteiger partial charge in [0.25, 0.3) is 0 Å². The molecule has 0 bridgehead atoms. The van der Waals surface area contributed by atoms with Crippen molar-refractivity contribution in [3.05, 3.63) is 0 Å². The lowest BCUT2D eigenvalue weighted by molar-refractivity contribution is -0.143. The number of carbonyl (C=O) groups is 1. The Balaban J connectivity index is 1.80. The van der Waals surface area contributed by atoms with E-state index in [-0.39, 0.29) is 12.0 Å². The minimum absolute atomic E-state index is 0.152. The molecule has 92 valence electrons. The summed E-state index contributed by atoms with van der Waals surface area (Å²) in [6.45, 7) is 8.11. The zero-order valence-electron chi connectivity index (χ0n) is 10.2. The summed E-state index contributed by atoms with van der Waals surface area (Å²) in [5.74, 6) is -0.954. The van der Waals surface area contributed by atoms with Crippen molar-refractivity contribution >= 4 is 5.97 Å². The summed E-state index contributed by atoms with van der Waals surface area (Å²) >= 11 is 0. The molecule has 16 heavy (non-hydrogen) atoms. The minimum atomic E-state index is -0.683. The molecular formula is C12H22N2O2. The zero-order chi connectivity index (χ0) is 11.7. The van der Waals surface area contributed by atoms with Gasteiger partial charge >= 0.3 is 5.97 Å². The lowest BCUT2D eigenvalue weighted by Gasteiger charge is -2.39. The molecule has 0 spiro atoms. The first-order chi connectivity index (χ1) is 7.59. The van der Waals surface area contributed by atoms with Crippen LogP contribution in [0.2, 0.25) is 0 Å². The highest BCUT2D eigenvalue weighted by atomic mass is 16.4. The SMILES string of the molecule is CC(C(=O)O)C(C)N1CCN(C2CC2)CC1. The molecule has 0 aromatic heterocycles. The van der Waals surface area contributed by atoms with Gasteiger partial charge in [-0.2, -0.15) is 0 Å². The second kappa shape index (κ2) is 4.72. The van der Waals surface area contributed by atoms with E-state index in [0.29, 0.717) is 0 Å². The number of piperazine rings is 1. The Hall–Kier alpha value is -0.610. The quantitative estimate of drug-likeness (QED) is 0.772. The standard InChI is InChI=1S/C12H22N2O2/c1-9(12(15)16)10(2)13-5-7-14(8-6-13)11-3-4-11/h9-11H,3-8H2,1-2H3,(H,15,16). The van der Waals surface area contributed by atoms with Crippen LogP contribution in [0.15, 0.2) is 0 Å². The molecule has 1 heterocycles. The van der Waals surface area contributed by atoms with Crippen LogP contribution in [0.4, 0.5) is 0 Å². The highest BCUT2D eigenvalue weighted by Crippen LogP contribution is 2.28. The molecule has 0 radical (unpaired) electrons. The molecule has 1 aliphatic carbocycles. The molecule has 2 fully saturated rings. The molecule has 2 rings (SSSR count). The van der Waals surface area contributed by atoms with E-state index in [2.05, 4.69) is 9.80 Å². The number of rotatable bonds is 4. The van der Waals surface area contributed by atoms with Gasteiger partial charge in [0.05, 0.1) is 5.92 Å². The normalized spacial score (nSPS) is 27.6. The lowest BCUT2D eigenvalue weighted by Crippen LogP contribution is -2.52. The molecule has 0 aromatic carbocycles. The molecule has 0 aromatic rings. The third kappa shape index (κ3) is 2.55. The highest BCUT2D eigenvalue weighted by Gasteiger charge is 2.33. The molecule has 0 amide bonds. The van der Waals surface area contributed by atoms with Crippen molar-refractivity contribution < 1.29 is 9.90 Å². The van der Waals surface area contributed by atoms with Crippen molar-refractivity contribution in [1.29, 1.82) is 0 Å². The van der Waals surface area contributed by atoms with Crippen LogP contribution in [0, 0.1) is 5.92 Å². The molecule has 4 heteroatoms. The fourth-order valence-electron chi connectivity index (χ4n) is 2.47. The van der Waals surface area contributed by atoms with Crippen LogP contribution >= 0.6 is 0 Å². The minimum Gasteiger partial charge on any atom is -0.481 e. The number of aliphatic carboxylic acids is 1. The Morgan fingerprint density at radius 1 is 1.19 bits per heavy atom. The first-order valence-electron chi connectivity index (χ1n) is 6.30. The predicted molar refractivity (Wildman–Crippen MR) is 62.4 cm³/mol. The summed E-state index contributed by atoms with van der Waals surface area (Å²) in [6.07, 6.45) is 2.72. The van der Waals surface area contributed by atoms with Crippen LogP contribution in [0.1, 0.15) is 26.7 Å². The maximum atomic E-state index is 10.9. The summed E-state index contributed by atoms with van der Waals surface area (Å²) < 4.78 is 0. The summed E-state index contributed by atoms with van der Waals surface area (Å²) in [7, 11) is 0. The van der Waals surface area contributed by atoms with Crippen molar-refractivity contribution in [2.75, 3.05) is 26.2 Å². The topological polar surface area (TPSA) is 43.8 Å². The summed E-state index contributed by atoms with van der Waals surface area (Å²) in [5.41, 5.74) is 0. The Morgan fingerprint density at radius 3 is 2.19 bits per heavy atom. The number of nitrogens with zero attached hydrogens (tertiary/aromatic N) is 2. The first kappa shape index (κ1) is 11.9. The molecule has 4 nitrogen and oxygen atoms in total. The van der Waals surface area contributed by atoms with Gasteiger partial charge in [-0.25, -0.2) is 0 Å². The molecule has 1 saturated heterocycles. The van der Waals surface area contributed by atoms with Gasteiger partial charge in [-0.05, 0) is 19.8 Å². The third-order valence-corrected chi connectivity index (χ3v) is 4.10. The number of carboxylic acid groups (broad SMARTS) is 1. The van der Waals surface area contributed by atoms with Crippen LogP contribution in [0.3, 0.4) is 0 Å². The van der Waals surface area contributed by atoms with Gasteiger partial charge in [0, 0.05) is 38.3 Å². The summed E-state index contributed by atoms with van der Waals surface area (Å²) in [6, 6.07) is 0.994. The van der Waals surface area contributed by atoms with Crippen molar-refractivity contribution in [3.63, 3.8) is 0 Å². The highest BCUT2D eigenvalue weighted by molar-refractivity contribution is 5.70. The molecule has 2 atom stereocenters. The van der Waals surface area contributed by atoms with Crippen molar-refractivity contribution in [1.82, 2.24) is 9.80 Å². The van der Waals surface area contributed by atoms with Crippen LogP contribution in [0.25, 0.3) is 0 Å². The monoisotopic (exact) mass is 226 g/mol. The average molecular weight is 226 g/mol. The van der Waals surface area contributed by atoms with E-state index < -0.39 is 5.97 Å². The Kier molecular flexibility index (Phi) is 3.50. The predicted octanol–water partition coefficient (Wildman–Crippen LogP) is 0.876. The van der Waals surface area contributed by atoms with Gasteiger partial charge in [-0.1, -0.05) is 6.92 Å². The molecular weight excluding hydrogens is 204 g/mol. The largest absolute Gasteiger partial charge is 0.481 e. The van der Waals surface area contributed by atoms with E-state index in [1.807, 2.05) is 6.92 Å². The van der Waals surface area contributed by atoms with Crippen molar-refractivity contribution in [3.8, 4) is 0 Å². The van der Waals surface area contributed by atoms with Crippen molar-refractivity contribution in [2.24, 2.45) is 5.92 Å². The maximum absolute atomic E-state index is 10.9. The van der Waals surface area contributed by atoms with E-state index in [1.165, 1.54) is 12.8 Å². The first-order valence-corrected chi connectivity index (χ1v) is 6.30. The van der Waals surface area contributed by atoms with Crippen LogP contribution < -0.4 is 0 Å². The third-order valence-electron chi connectivity index (χ3n) is 4.10.